The summed E-state index contributed by atoms with van der Waals surface area (Å²) in [5.41, 5.74) is 5.45. The first-order chi connectivity index (χ1) is 18.5. The summed E-state index contributed by atoms with van der Waals surface area (Å²) in [5, 5.41) is 6.61. The highest BCUT2D eigenvalue weighted by atomic mass is 16.2. The van der Waals surface area contributed by atoms with Gasteiger partial charge in [-0.05, 0) is 80.4 Å². The summed E-state index contributed by atoms with van der Waals surface area (Å²) in [4.78, 5) is 41.7. The molecule has 3 aromatic heterocycles. The van der Waals surface area contributed by atoms with E-state index in [1.165, 1.54) is 12.8 Å². The third-order valence-corrected chi connectivity index (χ3v) is 8.69. The predicted octanol–water partition coefficient (Wildman–Crippen LogP) is 2.46. The van der Waals surface area contributed by atoms with Gasteiger partial charge in [0.05, 0.1) is 22.9 Å². The molecule has 3 aliphatic rings. The molecular formula is C29H37N7O2. The lowest BCUT2D eigenvalue weighted by atomic mass is 9.60. The van der Waals surface area contributed by atoms with E-state index in [-0.39, 0.29) is 17.5 Å². The molecule has 6 rings (SSSR count). The number of carbonyl (C=O) groups excluding carboxylic acids is 1. The van der Waals surface area contributed by atoms with E-state index in [2.05, 4.69) is 35.4 Å². The molecule has 0 aromatic carbocycles. The van der Waals surface area contributed by atoms with Crippen LogP contribution in [0.5, 0.6) is 0 Å². The molecule has 0 atom stereocenters. The number of hydrogen-bond acceptors (Lipinski definition) is 7. The molecule has 3 aromatic rings. The van der Waals surface area contributed by atoms with Crippen LogP contribution in [0.1, 0.15) is 54.2 Å². The molecule has 38 heavy (non-hydrogen) atoms. The molecule has 3 N–H and O–H groups in total. The Balaban J connectivity index is 0.996. The lowest BCUT2D eigenvalue weighted by Gasteiger charge is -2.50. The standard InChI is InChI=1S/C29H37N7O2/c1-2-21-14-25-26(34-27(21)37)13-20(17-31-25)19-35-9-11-36(12-10-35)23-3-4-24(32-18-23)28(38)33-22-15-29(16-22)5-7-30-8-6-29/h3-4,13-14,17-18,22,30H,2,5-12,15-16,19H2,1H3,(H,33,38)(H,34,37). The van der Waals surface area contributed by atoms with Crippen molar-refractivity contribution in [3.8, 4) is 0 Å². The fraction of sp³-hybridized carbons (Fsp3) is 0.517. The second-order valence-electron chi connectivity index (χ2n) is 11.2. The molecule has 1 amide bonds. The van der Waals surface area contributed by atoms with Gasteiger partial charge in [-0.1, -0.05) is 6.92 Å². The minimum absolute atomic E-state index is 0.0293. The SMILES string of the molecule is CCc1cc2ncc(CN3CCN(c4ccc(C(=O)NC5CC6(CCNCC6)C5)nc4)CC3)cc2[nH]c1=O. The average Bonchev–Trinajstić information content (AvgIpc) is 2.93. The Kier molecular flexibility index (Phi) is 6.88. The van der Waals surface area contributed by atoms with Gasteiger partial charge in [-0.25, -0.2) is 4.98 Å². The van der Waals surface area contributed by atoms with Crippen LogP contribution >= 0.6 is 0 Å². The smallest absolute Gasteiger partial charge is 0.270 e. The van der Waals surface area contributed by atoms with Crippen LogP contribution in [0.25, 0.3) is 11.0 Å². The highest BCUT2D eigenvalue weighted by molar-refractivity contribution is 5.92. The molecule has 1 aliphatic carbocycles. The van der Waals surface area contributed by atoms with Crippen molar-refractivity contribution < 1.29 is 4.79 Å². The van der Waals surface area contributed by atoms with E-state index >= 15 is 0 Å². The van der Waals surface area contributed by atoms with Crippen LogP contribution in [-0.2, 0) is 13.0 Å². The zero-order valence-corrected chi connectivity index (χ0v) is 22.1. The number of aromatic nitrogens is 3. The third kappa shape index (κ3) is 5.17. The van der Waals surface area contributed by atoms with Crippen molar-refractivity contribution in [3.05, 3.63) is 63.8 Å². The van der Waals surface area contributed by atoms with Gasteiger partial charge in [-0.3, -0.25) is 19.5 Å². The number of fused-ring (bicyclic) bond motifs is 1. The second kappa shape index (κ2) is 10.5. The van der Waals surface area contributed by atoms with Crippen molar-refractivity contribution in [2.75, 3.05) is 44.2 Å². The molecule has 0 unspecified atom stereocenters. The van der Waals surface area contributed by atoms with Crippen LogP contribution in [0.3, 0.4) is 0 Å². The summed E-state index contributed by atoms with van der Waals surface area (Å²) >= 11 is 0. The Morgan fingerprint density at radius 1 is 1.08 bits per heavy atom. The lowest BCUT2D eigenvalue weighted by Crippen LogP contribution is -2.54. The van der Waals surface area contributed by atoms with E-state index in [0.29, 0.717) is 17.5 Å². The Bertz CT molecular complexity index is 1350. The third-order valence-electron chi connectivity index (χ3n) is 8.69. The van der Waals surface area contributed by atoms with Crippen molar-refractivity contribution in [2.45, 2.75) is 51.6 Å². The summed E-state index contributed by atoms with van der Waals surface area (Å²) in [6.07, 6.45) is 9.07. The van der Waals surface area contributed by atoms with E-state index < -0.39 is 0 Å². The largest absolute Gasteiger partial charge is 0.368 e. The molecule has 2 saturated heterocycles. The van der Waals surface area contributed by atoms with E-state index in [1.54, 1.807) is 0 Å². The van der Waals surface area contributed by atoms with Gasteiger partial charge in [0, 0.05) is 50.5 Å². The number of rotatable bonds is 6. The molecule has 9 heteroatoms. The number of nitrogens with one attached hydrogen (secondary N) is 3. The number of amides is 1. The molecular weight excluding hydrogens is 478 g/mol. The first-order valence-corrected chi connectivity index (χ1v) is 14.0. The number of anilines is 1. The quantitative estimate of drug-likeness (QED) is 0.463. The highest BCUT2D eigenvalue weighted by Gasteiger charge is 2.45. The summed E-state index contributed by atoms with van der Waals surface area (Å²) in [7, 11) is 0. The van der Waals surface area contributed by atoms with Crippen molar-refractivity contribution in [1.82, 2.24) is 30.5 Å². The molecule has 9 nitrogen and oxygen atoms in total. The number of aromatic amines is 1. The lowest BCUT2D eigenvalue weighted by molar-refractivity contribution is 0.0422. The highest BCUT2D eigenvalue weighted by Crippen LogP contribution is 2.47. The summed E-state index contributed by atoms with van der Waals surface area (Å²) in [6.45, 7) is 8.60. The molecule has 1 spiro atoms. The topological polar surface area (TPSA) is 106 Å². The predicted molar refractivity (Wildman–Crippen MR) is 148 cm³/mol. The number of piperidine rings is 1. The first-order valence-electron chi connectivity index (χ1n) is 14.0. The van der Waals surface area contributed by atoms with Crippen molar-refractivity contribution in [3.63, 3.8) is 0 Å². The van der Waals surface area contributed by atoms with Crippen molar-refractivity contribution in [2.24, 2.45) is 5.41 Å². The molecule has 0 radical (unpaired) electrons. The molecule has 200 valence electrons. The number of piperazine rings is 1. The maximum atomic E-state index is 12.7. The number of nitrogens with zero attached hydrogens (tertiary/aromatic N) is 4. The van der Waals surface area contributed by atoms with Crippen molar-refractivity contribution in [1.29, 1.82) is 0 Å². The second-order valence-corrected chi connectivity index (χ2v) is 11.2. The molecule has 3 fully saturated rings. The number of aryl methyl sites for hydroxylation is 1. The normalized spacial score (nSPS) is 20.0. The van der Waals surface area contributed by atoms with Gasteiger partial charge in [-0.2, -0.15) is 0 Å². The Labute approximate surface area is 223 Å². The van der Waals surface area contributed by atoms with E-state index in [1.807, 2.05) is 43.6 Å². The van der Waals surface area contributed by atoms with Crippen LogP contribution < -0.4 is 21.1 Å². The van der Waals surface area contributed by atoms with Crippen LogP contribution in [0.4, 0.5) is 5.69 Å². The minimum atomic E-state index is -0.0635. The van der Waals surface area contributed by atoms with Gasteiger partial charge < -0.3 is 20.5 Å². The molecule has 5 heterocycles. The van der Waals surface area contributed by atoms with E-state index in [4.69, 9.17) is 0 Å². The first kappa shape index (κ1) is 25.0. The van der Waals surface area contributed by atoms with Crippen LogP contribution in [0, 0.1) is 5.41 Å². The van der Waals surface area contributed by atoms with Crippen LogP contribution in [0.2, 0.25) is 0 Å². The van der Waals surface area contributed by atoms with Crippen molar-refractivity contribution >= 4 is 22.6 Å². The van der Waals surface area contributed by atoms with Crippen LogP contribution in [0.15, 0.2) is 41.5 Å². The zero-order chi connectivity index (χ0) is 26.1. The average molecular weight is 516 g/mol. The monoisotopic (exact) mass is 515 g/mol. The van der Waals surface area contributed by atoms with Gasteiger partial charge in [0.15, 0.2) is 0 Å². The fourth-order valence-corrected chi connectivity index (χ4v) is 6.36. The van der Waals surface area contributed by atoms with Gasteiger partial charge >= 0.3 is 0 Å². The summed E-state index contributed by atoms with van der Waals surface area (Å²) < 4.78 is 0. The van der Waals surface area contributed by atoms with Crippen LogP contribution in [-0.4, -0.2) is 71.1 Å². The van der Waals surface area contributed by atoms with Gasteiger partial charge in [0.1, 0.15) is 5.69 Å². The summed E-state index contributed by atoms with van der Waals surface area (Å²) in [5.74, 6) is -0.0635. The molecule has 1 saturated carbocycles. The minimum Gasteiger partial charge on any atom is -0.368 e. The van der Waals surface area contributed by atoms with Gasteiger partial charge in [-0.15, -0.1) is 0 Å². The number of pyridine rings is 3. The maximum absolute atomic E-state index is 12.7. The van der Waals surface area contributed by atoms with Gasteiger partial charge in [0.25, 0.3) is 11.5 Å². The zero-order valence-electron chi connectivity index (χ0n) is 22.1. The Morgan fingerprint density at radius 2 is 1.87 bits per heavy atom. The Hall–Kier alpha value is -3.30. The van der Waals surface area contributed by atoms with E-state index in [9.17, 15) is 9.59 Å². The Morgan fingerprint density at radius 3 is 2.58 bits per heavy atom. The van der Waals surface area contributed by atoms with Gasteiger partial charge in [0.2, 0.25) is 0 Å². The molecule has 0 bridgehead atoms. The number of hydrogen-bond donors (Lipinski definition) is 3. The maximum Gasteiger partial charge on any atom is 0.270 e. The number of H-pyrrole nitrogens is 1. The number of carbonyl (C=O) groups is 1. The van der Waals surface area contributed by atoms with E-state index in [0.717, 1.165) is 86.5 Å². The summed E-state index contributed by atoms with van der Waals surface area (Å²) in [6, 6.07) is 8.07. The fourth-order valence-electron chi connectivity index (χ4n) is 6.36. The molecule has 2 aliphatic heterocycles.